The van der Waals surface area contributed by atoms with Crippen molar-refractivity contribution in [2.75, 3.05) is 0 Å². The molecule has 0 saturated carbocycles. The molecule has 0 saturated heterocycles. The molecule has 0 fully saturated rings. The van der Waals surface area contributed by atoms with Crippen LogP contribution in [0.2, 0.25) is 0 Å². The first-order valence-corrected chi connectivity index (χ1v) is 10.1. The molecule has 0 bridgehead atoms. The number of carbonyl (C=O) groups is 1. The number of pyridine rings is 1. The molecular weight excluding hydrogens is 386 g/mol. The quantitative estimate of drug-likeness (QED) is 0.506. The Morgan fingerprint density at radius 1 is 0.862 bits per heavy atom. The molecule has 29 heavy (non-hydrogen) atoms. The number of hydrogen-bond acceptors (Lipinski definition) is 4. The predicted octanol–water partition coefficient (Wildman–Crippen LogP) is 4.68. The summed E-state index contributed by atoms with van der Waals surface area (Å²) in [6, 6.07) is 24.9. The summed E-state index contributed by atoms with van der Waals surface area (Å²) in [5.41, 5.74) is 1.92. The van der Waals surface area contributed by atoms with E-state index in [-0.39, 0.29) is 5.56 Å². The third-order valence-electron chi connectivity index (χ3n) is 4.40. The lowest BCUT2D eigenvalue weighted by Crippen LogP contribution is -1.99. The molecule has 144 valence electrons. The van der Waals surface area contributed by atoms with Crippen LogP contribution in [0.4, 0.5) is 0 Å². The number of aromatic carboxylic acids is 1. The Morgan fingerprint density at radius 3 is 2.21 bits per heavy atom. The molecule has 5 nitrogen and oxygen atoms in total. The number of carboxylic acids is 1. The van der Waals surface area contributed by atoms with E-state index in [1.807, 2.05) is 36.4 Å². The highest BCUT2D eigenvalue weighted by atomic mass is 32.2. The van der Waals surface area contributed by atoms with Crippen molar-refractivity contribution in [2.45, 2.75) is 16.4 Å². The van der Waals surface area contributed by atoms with Crippen LogP contribution in [-0.2, 0) is 17.4 Å². The number of para-hydroxylation sites is 1. The van der Waals surface area contributed by atoms with E-state index in [2.05, 4.69) is 4.98 Å². The molecule has 1 N–H and O–H groups in total. The average Bonchev–Trinajstić information content (AvgIpc) is 2.77. The van der Waals surface area contributed by atoms with Gasteiger partial charge < -0.3 is 9.84 Å². The van der Waals surface area contributed by atoms with Gasteiger partial charge in [-0.3, -0.25) is 0 Å². The molecule has 0 aliphatic heterocycles. The van der Waals surface area contributed by atoms with Gasteiger partial charge in [-0.1, -0.05) is 24.3 Å². The van der Waals surface area contributed by atoms with Gasteiger partial charge in [0.2, 0.25) is 0 Å². The molecule has 1 aromatic heterocycles. The lowest BCUT2D eigenvalue weighted by Gasteiger charge is -2.08. The van der Waals surface area contributed by atoms with Crippen LogP contribution in [0.25, 0.3) is 10.9 Å². The molecule has 4 aromatic rings. The summed E-state index contributed by atoms with van der Waals surface area (Å²) in [5, 5.41) is 10.0. The van der Waals surface area contributed by atoms with Crippen LogP contribution in [-0.4, -0.2) is 20.3 Å². The number of nitrogens with zero attached hydrogens (tertiary/aromatic N) is 1. The van der Waals surface area contributed by atoms with E-state index < -0.39 is 16.8 Å². The second-order valence-corrected chi connectivity index (χ2v) is 7.83. The predicted molar refractivity (Wildman–Crippen MR) is 111 cm³/mol. The van der Waals surface area contributed by atoms with Crippen LogP contribution in [0.3, 0.4) is 0 Å². The molecule has 0 amide bonds. The molecule has 0 spiro atoms. The van der Waals surface area contributed by atoms with Gasteiger partial charge in [-0.25, -0.2) is 14.0 Å². The Bertz CT molecular complexity index is 1190. The van der Waals surface area contributed by atoms with E-state index in [1.165, 1.54) is 12.1 Å². The number of hydrogen-bond donors (Lipinski definition) is 1. The Hall–Kier alpha value is -3.51. The minimum atomic E-state index is -1.39. The summed E-state index contributed by atoms with van der Waals surface area (Å²) >= 11 is 0. The smallest absolute Gasteiger partial charge is 0.335 e. The van der Waals surface area contributed by atoms with Crippen LogP contribution in [0, 0.1) is 0 Å². The maximum absolute atomic E-state index is 12.7. The number of rotatable bonds is 6. The molecule has 3 aromatic carbocycles. The Labute approximate surface area is 170 Å². The van der Waals surface area contributed by atoms with Crippen LogP contribution in [0.5, 0.6) is 5.75 Å². The molecule has 0 radical (unpaired) electrons. The molecule has 1 atom stereocenters. The summed E-state index contributed by atoms with van der Waals surface area (Å²) in [6.45, 7) is 0.337. The van der Waals surface area contributed by atoms with Crippen molar-refractivity contribution in [2.24, 2.45) is 0 Å². The van der Waals surface area contributed by atoms with Gasteiger partial charge in [-0.05, 0) is 60.7 Å². The third-order valence-corrected chi connectivity index (χ3v) is 5.80. The fourth-order valence-electron chi connectivity index (χ4n) is 2.86. The van der Waals surface area contributed by atoms with E-state index in [9.17, 15) is 9.00 Å². The number of benzene rings is 3. The van der Waals surface area contributed by atoms with E-state index in [4.69, 9.17) is 9.84 Å². The molecular formula is C23H17NO4S. The van der Waals surface area contributed by atoms with Crippen molar-refractivity contribution in [1.29, 1.82) is 0 Å². The molecule has 1 heterocycles. The number of carboxylic acid groups (broad SMARTS) is 1. The van der Waals surface area contributed by atoms with Gasteiger partial charge in [-0.15, -0.1) is 0 Å². The zero-order chi connectivity index (χ0) is 20.2. The zero-order valence-corrected chi connectivity index (χ0v) is 16.1. The van der Waals surface area contributed by atoms with Crippen LogP contribution in [0.1, 0.15) is 16.1 Å². The fraction of sp³-hybridized carbons (Fsp3) is 0.0435. The first-order valence-electron chi connectivity index (χ1n) is 8.93. The largest absolute Gasteiger partial charge is 0.487 e. The van der Waals surface area contributed by atoms with Gasteiger partial charge >= 0.3 is 5.97 Å². The highest BCUT2D eigenvalue weighted by Crippen LogP contribution is 2.21. The van der Waals surface area contributed by atoms with Crippen LogP contribution < -0.4 is 4.74 Å². The van der Waals surface area contributed by atoms with Crippen molar-refractivity contribution in [3.63, 3.8) is 0 Å². The summed E-state index contributed by atoms with van der Waals surface area (Å²) in [6.07, 6.45) is 0. The Balaban J connectivity index is 1.42. The first-order chi connectivity index (χ1) is 14.1. The van der Waals surface area contributed by atoms with Gasteiger partial charge in [0, 0.05) is 15.2 Å². The van der Waals surface area contributed by atoms with Crippen molar-refractivity contribution in [3.05, 3.63) is 96.2 Å². The number of ether oxygens (including phenoxy) is 1. The van der Waals surface area contributed by atoms with Crippen molar-refractivity contribution < 1.29 is 18.8 Å². The topological polar surface area (TPSA) is 76.5 Å². The van der Waals surface area contributed by atoms with Gasteiger partial charge in [0.05, 0.1) is 27.6 Å². The second kappa shape index (κ2) is 8.24. The van der Waals surface area contributed by atoms with E-state index >= 15 is 0 Å². The molecule has 6 heteroatoms. The highest BCUT2D eigenvalue weighted by Gasteiger charge is 2.09. The van der Waals surface area contributed by atoms with Gasteiger partial charge in [0.1, 0.15) is 12.4 Å². The normalized spacial score (nSPS) is 11.9. The first kappa shape index (κ1) is 18.8. The van der Waals surface area contributed by atoms with Crippen LogP contribution >= 0.6 is 0 Å². The van der Waals surface area contributed by atoms with E-state index in [0.29, 0.717) is 22.1 Å². The van der Waals surface area contributed by atoms with E-state index in [0.717, 1.165) is 16.6 Å². The average molecular weight is 403 g/mol. The number of aromatic nitrogens is 1. The van der Waals surface area contributed by atoms with Crippen LogP contribution in [0.15, 0.2) is 94.7 Å². The van der Waals surface area contributed by atoms with Crippen molar-refractivity contribution >= 4 is 27.7 Å². The summed E-state index contributed by atoms with van der Waals surface area (Å²) in [5.74, 6) is -0.355. The van der Waals surface area contributed by atoms with Crippen molar-refractivity contribution in [1.82, 2.24) is 4.98 Å². The lowest BCUT2D eigenvalue weighted by atomic mass is 10.2. The van der Waals surface area contributed by atoms with Gasteiger partial charge in [0.15, 0.2) is 0 Å². The zero-order valence-electron chi connectivity index (χ0n) is 15.3. The maximum atomic E-state index is 12.7. The Kier molecular flexibility index (Phi) is 5.35. The number of fused-ring (bicyclic) bond motifs is 1. The van der Waals surface area contributed by atoms with Crippen molar-refractivity contribution in [3.8, 4) is 5.75 Å². The van der Waals surface area contributed by atoms with E-state index in [1.54, 1.807) is 36.4 Å². The molecule has 4 rings (SSSR count). The highest BCUT2D eigenvalue weighted by molar-refractivity contribution is 7.85. The standard InChI is InChI=1S/C23H17NO4S/c25-23(26)17-6-11-20(12-7-17)29(27)21-13-9-19(10-14-21)28-15-18-8-5-16-3-1-2-4-22(16)24-18/h1-14H,15H2,(H,25,26). The lowest BCUT2D eigenvalue weighted by molar-refractivity contribution is 0.0697. The minimum absolute atomic E-state index is 0.164. The second-order valence-electron chi connectivity index (χ2n) is 6.35. The summed E-state index contributed by atoms with van der Waals surface area (Å²) in [4.78, 5) is 16.7. The molecule has 0 aliphatic carbocycles. The SMILES string of the molecule is O=C(O)c1ccc(S(=O)c2ccc(OCc3ccc4ccccc4n3)cc2)cc1. The van der Waals surface area contributed by atoms with Gasteiger partial charge in [-0.2, -0.15) is 0 Å². The Morgan fingerprint density at radius 2 is 1.52 bits per heavy atom. The molecule has 0 aliphatic rings. The fourth-order valence-corrected chi connectivity index (χ4v) is 3.90. The monoisotopic (exact) mass is 403 g/mol. The maximum Gasteiger partial charge on any atom is 0.335 e. The van der Waals surface area contributed by atoms with Gasteiger partial charge in [0.25, 0.3) is 0 Å². The molecule has 1 unspecified atom stereocenters. The summed E-state index contributed by atoms with van der Waals surface area (Å²) in [7, 11) is -1.39. The summed E-state index contributed by atoms with van der Waals surface area (Å²) < 4.78 is 18.5. The third kappa shape index (κ3) is 4.33. The minimum Gasteiger partial charge on any atom is -0.487 e.